The van der Waals surface area contributed by atoms with E-state index in [1.165, 1.54) is 5.56 Å². The third kappa shape index (κ3) is 4.68. The highest BCUT2D eigenvalue weighted by Crippen LogP contribution is 2.39. The molecule has 4 rings (SSSR count). The molecule has 0 aliphatic carbocycles. The summed E-state index contributed by atoms with van der Waals surface area (Å²) in [5, 5.41) is 4.38. The summed E-state index contributed by atoms with van der Waals surface area (Å²) in [6.07, 6.45) is 7.38. The van der Waals surface area contributed by atoms with Gasteiger partial charge in [-0.3, -0.25) is 9.88 Å². The molecule has 2 atom stereocenters. The monoisotopic (exact) mass is 427 g/mol. The van der Waals surface area contributed by atoms with Crippen LogP contribution in [0.5, 0.6) is 0 Å². The zero-order valence-electron chi connectivity index (χ0n) is 18.3. The summed E-state index contributed by atoms with van der Waals surface area (Å²) in [5.41, 5.74) is 2.36. The Bertz CT molecular complexity index is 841. The van der Waals surface area contributed by atoms with Gasteiger partial charge >= 0.3 is 0 Å². The Labute approximate surface area is 185 Å². The lowest BCUT2D eigenvalue weighted by atomic mass is 9.99. The maximum absolute atomic E-state index is 5.79. The van der Waals surface area contributed by atoms with Crippen molar-refractivity contribution in [3.05, 3.63) is 54.1 Å². The quantitative estimate of drug-likeness (QED) is 0.714. The van der Waals surface area contributed by atoms with Crippen LogP contribution in [-0.2, 0) is 10.3 Å². The second-order valence-electron chi connectivity index (χ2n) is 9.15. The van der Waals surface area contributed by atoms with Crippen LogP contribution in [0.1, 0.15) is 50.5 Å². The predicted octanol–water partition coefficient (Wildman–Crippen LogP) is 3.33. The van der Waals surface area contributed by atoms with Gasteiger partial charge in [0, 0.05) is 50.3 Å². The second kappa shape index (κ2) is 9.04. The summed E-state index contributed by atoms with van der Waals surface area (Å²) in [6.45, 7) is 12.4. The summed E-state index contributed by atoms with van der Waals surface area (Å²) >= 11 is 5.79. The number of hydrogen-bond acceptors (Lipinski definition) is 4. The van der Waals surface area contributed by atoms with Crippen LogP contribution in [-0.4, -0.2) is 63.9 Å². The fraction of sp³-hybridized carbons (Fsp3) is 0.565. The molecule has 0 saturated carbocycles. The van der Waals surface area contributed by atoms with Crippen molar-refractivity contribution < 1.29 is 4.74 Å². The maximum Gasteiger partial charge on any atom is 0.170 e. The molecule has 6 nitrogen and oxygen atoms in total. The maximum atomic E-state index is 5.79. The lowest BCUT2D eigenvalue weighted by Crippen LogP contribution is -2.38. The van der Waals surface area contributed by atoms with Crippen molar-refractivity contribution in [1.82, 2.24) is 24.7 Å². The Morgan fingerprint density at radius 3 is 2.63 bits per heavy atom. The molecule has 0 unspecified atom stereocenters. The van der Waals surface area contributed by atoms with Gasteiger partial charge in [-0.25, -0.2) is 0 Å². The molecule has 7 heteroatoms. The summed E-state index contributed by atoms with van der Waals surface area (Å²) < 4.78 is 7.75. The Morgan fingerprint density at radius 1 is 1.17 bits per heavy atom. The van der Waals surface area contributed by atoms with Gasteiger partial charge in [0.2, 0.25) is 0 Å². The first kappa shape index (κ1) is 21.3. The summed E-state index contributed by atoms with van der Waals surface area (Å²) in [6, 6.07) is 8.52. The third-order valence-electron chi connectivity index (χ3n) is 6.01. The second-order valence-corrected chi connectivity index (χ2v) is 9.54. The minimum Gasteiger partial charge on any atom is -0.379 e. The van der Waals surface area contributed by atoms with Gasteiger partial charge in [-0.1, -0.05) is 6.07 Å². The molecule has 2 aliphatic rings. The number of ether oxygens (including phenoxy) is 1. The third-order valence-corrected chi connectivity index (χ3v) is 6.36. The van der Waals surface area contributed by atoms with Gasteiger partial charge in [0.15, 0.2) is 5.11 Å². The number of nitrogens with zero attached hydrogens (tertiary/aromatic N) is 4. The van der Waals surface area contributed by atoms with Gasteiger partial charge in [-0.2, -0.15) is 0 Å². The van der Waals surface area contributed by atoms with Gasteiger partial charge in [0.25, 0.3) is 0 Å². The average molecular weight is 428 g/mol. The molecule has 0 spiro atoms. The van der Waals surface area contributed by atoms with E-state index in [1.807, 2.05) is 18.3 Å². The van der Waals surface area contributed by atoms with Crippen molar-refractivity contribution in [2.75, 3.05) is 39.4 Å². The first-order valence-corrected chi connectivity index (χ1v) is 11.3. The summed E-state index contributed by atoms with van der Waals surface area (Å²) in [4.78, 5) is 9.48. The van der Waals surface area contributed by atoms with Crippen LogP contribution in [0.15, 0.2) is 42.9 Å². The molecule has 2 aromatic rings. The van der Waals surface area contributed by atoms with E-state index in [0.717, 1.165) is 56.6 Å². The van der Waals surface area contributed by atoms with E-state index >= 15 is 0 Å². The SMILES string of the molecule is CC(C)(C)n1ccc([C@@H]2[C@@H](c3ccccn3)NC(=S)N2CCCN2CCOCC2)c1. The van der Waals surface area contributed by atoms with E-state index in [1.54, 1.807) is 0 Å². The molecule has 0 bridgehead atoms. The molecule has 30 heavy (non-hydrogen) atoms. The van der Waals surface area contributed by atoms with Crippen molar-refractivity contribution in [1.29, 1.82) is 0 Å². The standard InChI is InChI=1S/C23H33N5OS/c1-23(2,3)27-12-8-18(17-27)21-20(19-7-4-5-9-24-19)25-22(30)28(21)11-6-10-26-13-15-29-16-14-26/h4-5,7-9,12,17,20-21H,6,10-11,13-16H2,1-3H3,(H,25,30)/t20-,21-/m1/s1. The van der Waals surface area contributed by atoms with Crippen molar-refractivity contribution in [2.24, 2.45) is 0 Å². The summed E-state index contributed by atoms with van der Waals surface area (Å²) in [5.74, 6) is 0. The Kier molecular flexibility index (Phi) is 6.41. The molecule has 1 N–H and O–H groups in total. The molecule has 2 aromatic heterocycles. The number of pyridine rings is 1. The number of thiocarbonyl (C=S) groups is 1. The lowest BCUT2D eigenvalue weighted by molar-refractivity contribution is 0.0365. The molecule has 4 heterocycles. The van der Waals surface area contributed by atoms with Crippen LogP contribution in [0.3, 0.4) is 0 Å². The lowest BCUT2D eigenvalue weighted by Gasteiger charge is -2.30. The minimum atomic E-state index is 0.0481. The molecular weight excluding hydrogens is 394 g/mol. The molecule has 0 radical (unpaired) electrons. The van der Waals surface area contributed by atoms with Crippen LogP contribution in [0.4, 0.5) is 0 Å². The van der Waals surface area contributed by atoms with Gasteiger partial charge in [0.1, 0.15) is 0 Å². The molecule has 0 aromatic carbocycles. The zero-order chi connectivity index (χ0) is 21.1. The van der Waals surface area contributed by atoms with Crippen molar-refractivity contribution in [3.8, 4) is 0 Å². The molecular formula is C23H33N5OS. The van der Waals surface area contributed by atoms with Crippen LogP contribution >= 0.6 is 12.2 Å². The number of nitrogens with one attached hydrogen (secondary N) is 1. The fourth-order valence-corrected chi connectivity index (χ4v) is 4.64. The van der Waals surface area contributed by atoms with E-state index < -0.39 is 0 Å². The summed E-state index contributed by atoms with van der Waals surface area (Å²) in [7, 11) is 0. The number of morpholine rings is 1. The van der Waals surface area contributed by atoms with Crippen LogP contribution < -0.4 is 5.32 Å². The van der Waals surface area contributed by atoms with Gasteiger partial charge < -0.3 is 19.5 Å². The zero-order valence-corrected chi connectivity index (χ0v) is 19.1. The Morgan fingerprint density at radius 2 is 1.97 bits per heavy atom. The Hall–Kier alpha value is -1.96. The van der Waals surface area contributed by atoms with Crippen molar-refractivity contribution in [3.63, 3.8) is 0 Å². The van der Waals surface area contributed by atoms with Crippen molar-refractivity contribution in [2.45, 2.75) is 44.8 Å². The van der Waals surface area contributed by atoms with Crippen LogP contribution in [0.25, 0.3) is 0 Å². The van der Waals surface area contributed by atoms with Crippen LogP contribution in [0.2, 0.25) is 0 Å². The topological polar surface area (TPSA) is 45.6 Å². The number of rotatable bonds is 6. The van der Waals surface area contributed by atoms with E-state index in [4.69, 9.17) is 17.0 Å². The highest BCUT2D eigenvalue weighted by Gasteiger charge is 2.40. The van der Waals surface area contributed by atoms with E-state index in [9.17, 15) is 0 Å². The first-order valence-electron chi connectivity index (χ1n) is 10.9. The van der Waals surface area contributed by atoms with Crippen molar-refractivity contribution >= 4 is 17.3 Å². The van der Waals surface area contributed by atoms with E-state index in [2.05, 4.69) is 70.0 Å². The van der Waals surface area contributed by atoms with E-state index in [0.29, 0.717) is 0 Å². The highest BCUT2D eigenvalue weighted by atomic mass is 32.1. The first-order chi connectivity index (χ1) is 14.4. The Balaban J connectivity index is 1.55. The molecule has 162 valence electrons. The smallest absolute Gasteiger partial charge is 0.170 e. The minimum absolute atomic E-state index is 0.0481. The van der Waals surface area contributed by atoms with Gasteiger partial charge in [0.05, 0.1) is 31.0 Å². The number of aromatic nitrogens is 2. The average Bonchev–Trinajstić information content (AvgIpc) is 3.35. The number of hydrogen-bond donors (Lipinski definition) is 1. The molecule has 2 saturated heterocycles. The highest BCUT2D eigenvalue weighted by molar-refractivity contribution is 7.80. The van der Waals surface area contributed by atoms with Gasteiger partial charge in [-0.05, 0) is 63.2 Å². The molecule has 2 fully saturated rings. The normalized spacial score (nSPS) is 23.0. The fourth-order valence-electron chi connectivity index (χ4n) is 4.30. The molecule has 0 amide bonds. The largest absolute Gasteiger partial charge is 0.379 e. The van der Waals surface area contributed by atoms with Gasteiger partial charge in [-0.15, -0.1) is 0 Å². The van der Waals surface area contributed by atoms with Crippen LogP contribution in [0, 0.1) is 0 Å². The van der Waals surface area contributed by atoms with E-state index in [-0.39, 0.29) is 17.6 Å². The predicted molar refractivity (Wildman–Crippen MR) is 123 cm³/mol. The molecule has 2 aliphatic heterocycles.